The third-order valence-corrected chi connectivity index (χ3v) is 3.01. The van der Waals surface area contributed by atoms with Crippen LogP contribution in [0.3, 0.4) is 0 Å². The molecule has 2 aromatic rings. The first-order chi connectivity index (χ1) is 8.66. The van der Waals surface area contributed by atoms with Crippen LogP contribution in [0.1, 0.15) is 17.7 Å². The third-order valence-electron chi connectivity index (χ3n) is 3.01. The molecule has 0 amide bonds. The average Bonchev–Trinajstić information content (AvgIpc) is 2.78. The van der Waals surface area contributed by atoms with Gasteiger partial charge in [0.05, 0.1) is 0 Å². The molecule has 18 heavy (non-hydrogen) atoms. The topological polar surface area (TPSA) is 21.1 Å². The van der Waals surface area contributed by atoms with E-state index in [-0.39, 0.29) is 0 Å². The Hall–Kier alpha value is -1.61. The summed E-state index contributed by atoms with van der Waals surface area (Å²) >= 11 is 0. The third kappa shape index (κ3) is 3.20. The quantitative estimate of drug-likeness (QED) is 0.805. The molecule has 0 radical (unpaired) electrons. The lowest BCUT2D eigenvalue weighted by Crippen LogP contribution is -2.14. The van der Waals surface area contributed by atoms with Crippen LogP contribution in [0.5, 0.6) is 0 Å². The molecule has 0 N–H and O–H groups in total. The van der Waals surface area contributed by atoms with Crippen LogP contribution in [0.2, 0.25) is 0 Å². The number of pyridine rings is 1. The van der Waals surface area contributed by atoms with E-state index in [1.54, 1.807) is 0 Å². The molecule has 0 aromatic carbocycles. The first kappa shape index (κ1) is 12.8. The van der Waals surface area contributed by atoms with Crippen molar-refractivity contribution in [3.8, 4) is 5.82 Å². The van der Waals surface area contributed by atoms with Crippen molar-refractivity contribution in [3.05, 3.63) is 47.9 Å². The van der Waals surface area contributed by atoms with Gasteiger partial charge in [-0.2, -0.15) is 0 Å². The summed E-state index contributed by atoms with van der Waals surface area (Å²) in [4.78, 5) is 6.70. The second-order valence-corrected chi connectivity index (χ2v) is 4.97. The number of hydrogen-bond acceptors (Lipinski definition) is 2. The molecule has 0 saturated carbocycles. The average molecular weight is 243 g/mol. The molecule has 2 rings (SSSR count). The van der Waals surface area contributed by atoms with E-state index in [0.717, 1.165) is 18.8 Å². The van der Waals surface area contributed by atoms with E-state index in [0.29, 0.717) is 0 Å². The highest BCUT2D eigenvalue weighted by Gasteiger charge is 2.04. The number of rotatable bonds is 5. The van der Waals surface area contributed by atoms with Gasteiger partial charge in [0.15, 0.2) is 0 Å². The molecule has 0 atom stereocenters. The van der Waals surface area contributed by atoms with E-state index in [9.17, 15) is 0 Å². The molecule has 96 valence electrons. The monoisotopic (exact) mass is 243 g/mol. The molecule has 0 aliphatic heterocycles. The summed E-state index contributed by atoms with van der Waals surface area (Å²) in [6.07, 6.45) is 6.26. The molecule has 0 fully saturated rings. The Balaban J connectivity index is 2.10. The van der Waals surface area contributed by atoms with Crippen LogP contribution in [0.15, 0.2) is 36.7 Å². The summed E-state index contributed by atoms with van der Waals surface area (Å²) < 4.78 is 2.18. The molecule has 0 bridgehead atoms. The van der Waals surface area contributed by atoms with Gasteiger partial charge in [-0.1, -0.05) is 6.07 Å². The lowest BCUT2D eigenvalue weighted by atomic mass is 10.2. The normalized spacial score (nSPS) is 11.1. The largest absolute Gasteiger partial charge is 0.309 e. The van der Waals surface area contributed by atoms with Crippen molar-refractivity contribution in [1.29, 1.82) is 0 Å². The van der Waals surface area contributed by atoms with Gasteiger partial charge in [0, 0.05) is 18.1 Å². The van der Waals surface area contributed by atoms with Crippen LogP contribution in [0, 0.1) is 6.92 Å². The van der Waals surface area contributed by atoms with Crippen LogP contribution in [0.25, 0.3) is 5.82 Å². The fraction of sp³-hybridized carbons (Fsp3) is 0.400. The van der Waals surface area contributed by atoms with Crippen molar-refractivity contribution in [2.75, 3.05) is 20.6 Å². The fourth-order valence-electron chi connectivity index (χ4n) is 2.02. The summed E-state index contributed by atoms with van der Waals surface area (Å²) in [5.74, 6) is 1.01. The van der Waals surface area contributed by atoms with Crippen molar-refractivity contribution in [2.24, 2.45) is 0 Å². The number of aromatic nitrogens is 2. The summed E-state index contributed by atoms with van der Waals surface area (Å²) in [5, 5.41) is 0. The van der Waals surface area contributed by atoms with Crippen molar-refractivity contribution >= 4 is 0 Å². The SMILES string of the molecule is Cc1ccc(-n2cccc2CCCN(C)C)nc1. The van der Waals surface area contributed by atoms with Gasteiger partial charge >= 0.3 is 0 Å². The molecule has 3 heteroatoms. The Morgan fingerprint density at radius 1 is 1.22 bits per heavy atom. The summed E-state index contributed by atoms with van der Waals surface area (Å²) in [5.41, 5.74) is 2.52. The standard InChI is InChI=1S/C15H21N3/c1-13-8-9-15(16-12-13)18-11-5-7-14(18)6-4-10-17(2)3/h5,7-9,11-12H,4,6,10H2,1-3H3. The van der Waals surface area contributed by atoms with Gasteiger partial charge in [-0.25, -0.2) is 4.98 Å². The smallest absolute Gasteiger partial charge is 0.136 e. The lowest BCUT2D eigenvalue weighted by Gasteiger charge is -2.11. The lowest BCUT2D eigenvalue weighted by molar-refractivity contribution is 0.399. The zero-order valence-corrected chi connectivity index (χ0v) is 11.4. The molecule has 0 saturated heterocycles. The highest BCUT2D eigenvalue weighted by atomic mass is 15.1. The highest BCUT2D eigenvalue weighted by molar-refractivity contribution is 5.29. The number of aryl methyl sites for hydroxylation is 2. The zero-order chi connectivity index (χ0) is 13.0. The van der Waals surface area contributed by atoms with Crippen molar-refractivity contribution in [2.45, 2.75) is 19.8 Å². The maximum absolute atomic E-state index is 4.48. The first-order valence-electron chi connectivity index (χ1n) is 6.41. The first-order valence-corrected chi connectivity index (χ1v) is 6.41. The maximum atomic E-state index is 4.48. The van der Waals surface area contributed by atoms with Crippen LogP contribution >= 0.6 is 0 Å². The van der Waals surface area contributed by atoms with Crippen LogP contribution in [-0.4, -0.2) is 35.1 Å². The Morgan fingerprint density at radius 2 is 2.06 bits per heavy atom. The summed E-state index contributed by atoms with van der Waals surface area (Å²) in [7, 11) is 4.22. The van der Waals surface area contributed by atoms with Crippen molar-refractivity contribution < 1.29 is 0 Å². The van der Waals surface area contributed by atoms with E-state index >= 15 is 0 Å². The van der Waals surface area contributed by atoms with Crippen LogP contribution in [0.4, 0.5) is 0 Å². The van der Waals surface area contributed by atoms with Crippen molar-refractivity contribution in [1.82, 2.24) is 14.5 Å². The number of hydrogen-bond donors (Lipinski definition) is 0. The predicted molar refractivity (Wildman–Crippen MR) is 75.2 cm³/mol. The molecule has 0 spiro atoms. The van der Waals surface area contributed by atoms with E-state index in [2.05, 4.69) is 65.9 Å². The minimum absolute atomic E-state index is 1.01. The number of nitrogens with zero attached hydrogens (tertiary/aromatic N) is 3. The van der Waals surface area contributed by atoms with Crippen molar-refractivity contribution in [3.63, 3.8) is 0 Å². The molecule has 2 heterocycles. The molecule has 0 aliphatic carbocycles. The summed E-state index contributed by atoms with van der Waals surface area (Å²) in [6, 6.07) is 8.44. The Bertz CT molecular complexity index is 483. The van der Waals surface area contributed by atoms with Crippen LogP contribution in [-0.2, 0) is 6.42 Å². The van der Waals surface area contributed by atoms with Gasteiger partial charge in [-0.05, 0) is 64.2 Å². The molecular weight excluding hydrogens is 222 g/mol. The Morgan fingerprint density at radius 3 is 2.72 bits per heavy atom. The highest BCUT2D eigenvalue weighted by Crippen LogP contribution is 2.12. The Labute approximate surface area is 109 Å². The van der Waals surface area contributed by atoms with E-state index in [4.69, 9.17) is 0 Å². The second-order valence-electron chi connectivity index (χ2n) is 4.97. The van der Waals surface area contributed by atoms with E-state index in [1.165, 1.54) is 17.7 Å². The molecule has 3 nitrogen and oxygen atoms in total. The van der Waals surface area contributed by atoms with E-state index < -0.39 is 0 Å². The fourth-order valence-corrected chi connectivity index (χ4v) is 2.02. The molecule has 0 aliphatic rings. The maximum Gasteiger partial charge on any atom is 0.136 e. The van der Waals surface area contributed by atoms with Gasteiger partial charge < -0.3 is 9.47 Å². The minimum Gasteiger partial charge on any atom is -0.309 e. The van der Waals surface area contributed by atoms with E-state index in [1.807, 2.05) is 6.20 Å². The van der Waals surface area contributed by atoms with Crippen LogP contribution < -0.4 is 0 Å². The van der Waals surface area contributed by atoms with Gasteiger partial charge in [0.1, 0.15) is 5.82 Å². The predicted octanol–water partition coefficient (Wildman–Crippen LogP) is 2.67. The minimum atomic E-state index is 1.01. The zero-order valence-electron chi connectivity index (χ0n) is 11.4. The van der Waals surface area contributed by atoms with Gasteiger partial charge in [-0.15, -0.1) is 0 Å². The second kappa shape index (κ2) is 5.83. The molecular formula is C15H21N3. The molecule has 2 aromatic heterocycles. The van der Waals surface area contributed by atoms with Gasteiger partial charge in [0.2, 0.25) is 0 Å². The van der Waals surface area contributed by atoms with Gasteiger partial charge in [0.25, 0.3) is 0 Å². The summed E-state index contributed by atoms with van der Waals surface area (Å²) in [6.45, 7) is 3.18. The van der Waals surface area contributed by atoms with Gasteiger partial charge in [-0.3, -0.25) is 0 Å². The Kier molecular flexibility index (Phi) is 4.15. The molecule has 0 unspecified atom stereocenters.